The fourth-order valence-corrected chi connectivity index (χ4v) is 3.17. The van der Waals surface area contributed by atoms with E-state index in [0.717, 1.165) is 24.2 Å². The number of likely N-dealkylation sites (N-methyl/N-ethyl adjacent to an activating group) is 1. The summed E-state index contributed by atoms with van der Waals surface area (Å²) in [7, 11) is 3.57. The molecule has 1 atom stereocenters. The van der Waals surface area contributed by atoms with Crippen molar-refractivity contribution in [3.05, 3.63) is 29.8 Å². The maximum absolute atomic E-state index is 12.6. The molecule has 1 fully saturated rings. The molecule has 0 radical (unpaired) electrons. The van der Waals surface area contributed by atoms with Gasteiger partial charge < -0.3 is 14.4 Å². The summed E-state index contributed by atoms with van der Waals surface area (Å²) in [5, 5.41) is 0. The van der Waals surface area contributed by atoms with Gasteiger partial charge in [-0.1, -0.05) is 37.8 Å². The van der Waals surface area contributed by atoms with Crippen molar-refractivity contribution in [2.24, 2.45) is 0 Å². The molecule has 0 N–H and O–H groups in total. The fourth-order valence-electron chi connectivity index (χ4n) is 3.17. The van der Waals surface area contributed by atoms with Crippen LogP contribution in [0.3, 0.4) is 0 Å². The predicted molar refractivity (Wildman–Crippen MR) is 91.5 cm³/mol. The standard InChI is InChI=1S/C19H29NO3/c1-15(23-14-16-9-8-12-18(13-16)22-3)19(21)20(2)17-10-6-4-5-7-11-17/h8-9,12-13,15,17H,4-7,10-11,14H2,1-3H3. The van der Waals surface area contributed by atoms with Crippen molar-refractivity contribution in [2.45, 2.75) is 64.2 Å². The summed E-state index contributed by atoms with van der Waals surface area (Å²) in [6.07, 6.45) is 6.84. The molecule has 1 aliphatic carbocycles. The largest absolute Gasteiger partial charge is 0.497 e. The Morgan fingerprint density at radius 2 is 1.96 bits per heavy atom. The Bertz CT molecular complexity index is 495. The number of benzene rings is 1. The van der Waals surface area contributed by atoms with Gasteiger partial charge in [0.2, 0.25) is 0 Å². The predicted octanol–water partition coefficient (Wildman–Crippen LogP) is 3.78. The normalized spacial score (nSPS) is 17.3. The lowest BCUT2D eigenvalue weighted by molar-refractivity contribution is -0.144. The van der Waals surface area contributed by atoms with E-state index in [0.29, 0.717) is 12.6 Å². The van der Waals surface area contributed by atoms with E-state index in [1.807, 2.05) is 43.1 Å². The number of carbonyl (C=O) groups excluding carboxylic acids is 1. The van der Waals surface area contributed by atoms with Crippen LogP contribution in [0.2, 0.25) is 0 Å². The average molecular weight is 319 g/mol. The van der Waals surface area contributed by atoms with Crippen LogP contribution in [0.15, 0.2) is 24.3 Å². The van der Waals surface area contributed by atoms with Gasteiger partial charge in [0.25, 0.3) is 5.91 Å². The Hall–Kier alpha value is -1.55. The van der Waals surface area contributed by atoms with Crippen LogP contribution < -0.4 is 4.74 Å². The van der Waals surface area contributed by atoms with Crippen molar-refractivity contribution >= 4 is 5.91 Å². The average Bonchev–Trinajstić information content (AvgIpc) is 2.87. The molecule has 0 spiro atoms. The van der Waals surface area contributed by atoms with Crippen LogP contribution in [-0.2, 0) is 16.1 Å². The molecule has 0 heterocycles. The minimum atomic E-state index is -0.422. The highest BCUT2D eigenvalue weighted by Gasteiger charge is 2.25. The monoisotopic (exact) mass is 319 g/mol. The molecule has 0 saturated heterocycles. The minimum absolute atomic E-state index is 0.0831. The third-order valence-corrected chi connectivity index (χ3v) is 4.70. The molecule has 1 amide bonds. The summed E-state index contributed by atoms with van der Waals surface area (Å²) in [5.41, 5.74) is 1.01. The zero-order chi connectivity index (χ0) is 16.7. The molecule has 1 unspecified atom stereocenters. The molecule has 1 saturated carbocycles. The van der Waals surface area contributed by atoms with E-state index in [2.05, 4.69) is 0 Å². The van der Waals surface area contributed by atoms with E-state index in [9.17, 15) is 4.79 Å². The molecule has 1 aliphatic rings. The van der Waals surface area contributed by atoms with Gasteiger partial charge in [0.05, 0.1) is 13.7 Å². The maximum atomic E-state index is 12.6. The first-order chi connectivity index (χ1) is 11.1. The number of ether oxygens (including phenoxy) is 2. The van der Waals surface area contributed by atoms with Crippen molar-refractivity contribution in [3.63, 3.8) is 0 Å². The quantitative estimate of drug-likeness (QED) is 0.749. The highest BCUT2D eigenvalue weighted by atomic mass is 16.5. The second-order valence-corrected chi connectivity index (χ2v) is 6.40. The highest BCUT2D eigenvalue weighted by molar-refractivity contribution is 5.80. The van der Waals surface area contributed by atoms with Crippen LogP contribution in [0.4, 0.5) is 0 Å². The molecular weight excluding hydrogens is 290 g/mol. The summed E-state index contributed by atoms with van der Waals surface area (Å²) in [5.74, 6) is 0.889. The number of amides is 1. The van der Waals surface area contributed by atoms with E-state index in [-0.39, 0.29) is 5.91 Å². The Balaban J connectivity index is 1.85. The molecule has 0 bridgehead atoms. The van der Waals surface area contributed by atoms with Gasteiger partial charge in [-0.05, 0) is 37.5 Å². The van der Waals surface area contributed by atoms with E-state index in [4.69, 9.17) is 9.47 Å². The second kappa shape index (κ2) is 8.92. The van der Waals surface area contributed by atoms with E-state index >= 15 is 0 Å². The first-order valence-electron chi connectivity index (χ1n) is 8.63. The van der Waals surface area contributed by atoms with Gasteiger partial charge >= 0.3 is 0 Å². The molecule has 0 aliphatic heterocycles. The Kier molecular flexibility index (Phi) is 6.90. The van der Waals surface area contributed by atoms with Crippen LogP contribution in [0.25, 0.3) is 0 Å². The lowest BCUT2D eigenvalue weighted by Gasteiger charge is -2.29. The van der Waals surface area contributed by atoms with Crippen LogP contribution in [0, 0.1) is 0 Å². The number of hydrogen-bond acceptors (Lipinski definition) is 3. The molecule has 4 heteroatoms. The van der Waals surface area contributed by atoms with Gasteiger partial charge in [0.15, 0.2) is 0 Å². The number of methoxy groups -OCH3 is 1. The van der Waals surface area contributed by atoms with E-state index in [1.54, 1.807) is 7.11 Å². The lowest BCUT2D eigenvalue weighted by Crippen LogP contribution is -2.42. The van der Waals surface area contributed by atoms with Crippen molar-refractivity contribution in [1.29, 1.82) is 0 Å². The second-order valence-electron chi connectivity index (χ2n) is 6.40. The number of rotatable bonds is 6. The van der Waals surface area contributed by atoms with E-state index in [1.165, 1.54) is 25.7 Å². The van der Waals surface area contributed by atoms with Crippen LogP contribution in [0.5, 0.6) is 5.75 Å². The summed E-state index contributed by atoms with van der Waals surface area (Å²) in [4.78, 5) is 14.5. The first kappa shape index (κ1) is 17.8. The molecular formula is C19H29NO3. The SMILES string of the molecule is COc1cccc(COC(C)C(=O)N(C)C2CCCCCC2)c1. The lowest BCUT2D eigenvalue weighted by atomic mass is 10.1. The molecule has 4 nitrogen and oxygen atoms in total. The number of hydrogen-bond donors (Lipinski definition) is 0. The first-order valence-corrected chi connectivity index (χ1v) is 8.63. The third kappa shape index (κ3) is 5.24. The number of nitrogens with zero attached hydrogens (tertiary/aromatic N) is 1. The summed E-state index contributed by atoms with van der Waals surface area (Å²) in [6.45, 7) is 2.26. The summed E-state index contributed by atoms with van der Waals surface area (Å²) >= 11 is 0. The van der Waals surface area contributed by atoms with Crippen molar-refractivity contribution in [2.75, 3.05) is 14.2 Å². The Morgan fingerprint density at radius 3 is 2.61 bits per heavy atom. The summed E-state index contributed by atoms with van der Waals surface area (Å²) < 4.78 is 11.0. The number of carbonyl (C=O) groups is 1. The fraction of sp³-hybridized carbons (Fsp3) is 0.632. The van der Waals surface area contributed by atoms with Crippen LogP contribution in [-0.4, -0.2) is 37.1 Å². The molecule has 2 rings (SSSR count). The molecule has 128 valence electrons. The summed E-state index contributed by atoms with van der Waals surface area (Å²) in [6, 6.07) is 8.12. The van der Waals surface area contributed by atoms with E-state index < -0.39 is 6.10 Å². The smallest absolute Gasteiger partial charge is 0.251 e. The van der Waals surface area contributed by atoms with Gasteiger partial charge in [-0.15, -0.1) is 0 Å². The van der Waals surface area contributed by atoms with Crippen LogP contribution >= 0.6 is 0 Å². The van der Waals surface area contributed by atoms with Gasteiger partial charge in [-0.2, -0.15) is 0 Å². The zero-order valence-electron chi connectivity index (χ0n) is 14.6. The van der Waals surface area contributed by atoms with Gasteiger partial charge in [-0.25, -0.2) is 0 Å². The highest BCUT2D eigenvalue weighted by Crippen LogP contribution is 2.22. The maximum Gasteiger partial charge on any atom is 0.251 e. The zero-order valence-corrected chi connectivity index (χ0v) is 14.6. The Labute approximate surface area is 139 Å². The molecule has 23 heavy (non-hydrogen) atoms. The minimum Gasteiger partial charge on any atom is -0.497 e. The topological polar surface area (TPSA) is 38.8 Å². The molecule has 0 aromatic heterocycles. The van der Waals surface area contributed by atoms with Gasteiger partial charge in [0.1, 0.15) is 11.9 Å². The van der Waals surface area contributed by atoms with Crippen molar-refractivity contribution < 1.29 is 14.3 Å². The van der Waals surface area contributed by atoms with Crippen molar-refractivity contribution in [3.8, 4) is 5.75 Å². The third-order valence-electron chi connectivity index (χ3n) is 4.70. The Morgan fingerprint density at radius 1 is 1.26 bits per heavy atom. The molecule has 1 aromatic rings. The van der Waals surface area contributed by atoms with Crippen molar-refractivity contribution in [1.82, 2.24) is 4.90 Å². The molecule has 1 aromatic carbocycles. The van der Waals surface area contributed by atoms with Crippen LogP contribution in [0.1, 0.15) is 51.0 Å². The van der Waals surface area contributed by atoms with Gasteiger partial charge in [0, 0.05) is 13.1 Å². The van der Waals surface area contributed by atoms with Gasteiger partial charge in [-0.3, -0.25) is 4.79 Å².